The lowest BCUT2D eigenvalue weighted by atomic mass is 9.98. The molecule has 0 aromatic rings. The Bertz CT molecular complexity index is 303. The first-order chi connectivity index (χ1) is 8.48. The van der Waals surface area contributed by atoms with Crippen molar-refractivity contribution in [3.05, 3.63) is 0 Å². The number of likely N-dealkylation sites (tertiary alicyclic amines) is 1. The van der Waals surface area contributed by atoms with Crippen LogP contribution in [0.25, 0.3) is 0 Å². The van der Waals surface area contributed by atoms with Crippen LogP contribution >= 0.6 is 0 Å². The number of urea groups is 1. The monoisotopic (exact) mass is 266 g/mol. The van der Waals surface area contributed by atoms with Gasteiger partial charge in [0.2, 0.25) is 0 Å². The quantitative estimate of drug-likeness (QED) is 0.668. The Morgan fingerprint density at radius 2 is 1.78 bits per heavy atom. The Balaban J connectivity index is 1.93. The standard InChI is InChI=1S/C11H17F3N2O2/c12-11(13,14)9-2-1-3-16(8-9)10(17)15-4-6-18-7-5-15/h9H,1-8H2. The Morgan fingerprint density at radius 3 is 2.39 bits per heavy atom. The van der Waals surface area contributed by atoms with Gasteiger partial charge in [-0.3, -0.25) is 0 Å². The number of rotatable bonds is 0. The highest BCUT2D eigenvalue weighted by atomic mass is 19.4. The highest BCUT2D eigenvalue weighted by Gasteiger charge is 2.43. The highest BCUT2D eigenvalue weighted by molar-refractivity contribution is 5.74. The van der Waals surface area contributed by atoms with Crippen LogP contribution in [0.1, 0.15) is 12.8 Å². The lowest BCUT2D eigenvalue weighted by Crippen LogP contribution is -2.52. The summed E-state index contributed by atoms with van der Waals surface area (Å²) in [5.74, 6) is -1.38. The number of hydrogen-bond acceptors (Lipinski definition) is 2. The SMILES string of the molecule is O=C(N1CCOCC1)N1CCCC(C(F)(F)F)C1. The van der Waals surface area contributed by atoms with Crippen molar-refractivity contribution >= 4 is 6.03 Å². The number of nitrogens with zero attached hydrogens (tertiary/aromatic N) is 2. The number of alkyl halides is 3. The van der Waals surface area contributed by atoms with Gasteiger partial charge in [0.1, 0.15) is 0 Å². The molecule has 0 saturated carbocycles. The van der Waals surface area contributed by atoms with E-state index in [0.717, 1.165) is 0 Å². The fraction of sp³-hybridized carbons (Fsp3) is 0.909. The minimum absolute atomic E-state index is 0.121. The maximum absolute atomic E-state index is 12.6. The van der Waals surface area contributed by atoms with Crippen LogP contribution in [0.2, 0.25) is 0 Å². The average molecular weight is 266 g/mol. The molecule has 0 spiro atoms. The second-order valence-electron chi connectivity index (χ2n) is 4.71. The first kappa shape index (κ1) is 13.5. The normalized spacial score (nSPS) is 26.3. The van der Waals surface area contributed by atoms with Gasteiger partial charge in [-0.2, -0.15) is 13.2 Å². The number of carbonyl (C=O) groups is 1. The third-order valence-corrected chi connectivity index (χ3v) is 3.44. The summed E-state index contributed by atoms with van der Waals surface area (Å²) in [5, 5.41) is 0. The summed E-state index contributed by atoms with van der Waals surface area (Å²) in [4.78, 5) is 15.0. The summed E-state index contributed by atoms with van der Waals surface area (Å²) < 4.78 is 43.1. The number of piperidine rings is 1. The van der Waals surface area contributed by atoms with Crippen molar-refractivity contribution in [2.75, 3.05) is 39.4 Å². The molecule has 2 saturated heterocycles. The maximum Gasteiger partial charge on any atom is 0.393 e. The molecule has 2 aliphatic heterocycles. The van der Waals surface area contributed by atoms with E-state index in [4.69, 9.17) is 4.74 Å². The van der Waals surface area contributed by atoms with E-state index < -0.39 is 12.1 Å². The Hall–Kier alpha value is -0.980. The van der Waals surface area contributed by atoms with Crippen LogP contribution < -0.4 is 0 Å². The van der Waals surface area contributed by atoms with E-state index in [1.807, 2.05) is 0 Å². The van der Waals surface area contributed by atoms with Crippen molar-refractivity contribution in [2.24, 2.45) is 5.92 Å². The number of amides is 2. The molecule has 0 aromatic carbocycles. The van der Waals surface area contributed by atoms with Gasteiger partial charge in [-0.05, 0) is 12.8 Å². The number of carbonyl (C=O) groups excluding carboxylic acids is 1. The van der Waals surface area contributed by atoms with Gasteiger partial charge in [0, 0.05) is 26.2 Å². The summed E-state index contributed by atoms with van der Waals surface area (Å²) in [6.45, 7) is 2.06. The minimum atomic E-state index is -4.20. The molecule has 18 heavy (non-hydrogen) atoms. The molecule has 0 radical (unpaired) electrons. The molecule has 0 N–H and O–H groups in total. The zero-order valence-corrected chi connectivity index (χ0v) is 10.1. The Morgan fingerprint density at radius 1 is 1.11 bits per heavy atom. The van der Waals surface area contributed by atoms with Gasteiger partial charge in [-0.25, -0.2) is 4.79 Å². The second-order valence-corrected chi connectivity index (χ2v) is 4.71. The molecule has 2 amide bonds. The lowest BCUT2D eigenvalue weighted by molar-refractivity contribution is -0.184. The van der Waals surface area contributed by atoms with Gasteiger partial charge in [0.15, 0.2) is 0 Å². The van der Waals surface area contributed by atoms with Crippen LogP contribution in [0.4, 0.5) is 18.0 Å². The molecule has 1 unspecified atom stereocenters. The largest absolute Gasteiger partial charge is 0.393 e. The van der Waals surface area contributed by atoms with Crippen molar-refractivity contribution in [2.45, 2.75) is 19.0 Å². The van der Waals surface area contributed by atoms with Crippen LogP contribution in [0.15, 0.2) is 0 Å². The molecule has 0 aromatic heterocycles. The molecular formula is C11H17F3N2O2. The molecule has 4 nitrogen and oxygen atoms in total. The topological polar surface area (TPSA) is 32.8 Å². The third kappa shape index (κ3) is 3.07. The van der Waals surface area contributed by atoms with E-state index in [1.54, 1.807) is 4.90 Å². The number of ether oxygens (including phenoxy) is 1. The van der Waals surface area contributed by atoms with E-state index in [1.165, 1.54) is 4.90 Å². The van der Waals surface area contributed by atoms with Gasteiger partial charge in [-0.1, -0.05) is 0 Å². The van der Waals surface area contributed by atoms with Crippen molar-refractivity contribution < 1.29 is 22.7 Å². The van der Waals surface area contributed by atoms with Gasteiger partial charge in [0.25, 0.3) is 0 Å². The number of morpholine rings is 1. The fourth-order valence-corrected chi connectivity index (χ4v) is 2.37. The molecule has 0 bridgehead atoms. The first-order valence-corrected chi connectivity index (χ1v) is 6.17. The lowest BCUT2D eigenvalue weighted by Gasteiger charge is -2.38. The van der Waals surface area contributed by atoms with Crippen molar-refractivity contribution in [1.82, 2.24) is 9.80 Å². The summed E-state index contributed by atoms with van der Waals surface area (Å²) in [6.07, 6.45) is -3.67. The van der Waals surface area contributed by atoms with Crippen LogP contribution in [-0.4, -0.2) is 61.4 Å². The Kier molecular flexibility index (Phi) is 3.99. The molecule has 2 fully saturated rings. The van der Waals surface area contributed by atoms with Crippen molar-refractivity contribution in [3.63, 3.8) is 0 Å². The third-order valence-electron chi connectivity index (χ3n) is 3.44. The highest BCUT2D eigenvalue weighted by Crippen LogP contribution is 2.33. The molecular weight excluding hydrogens is 249 g/mol. The number of halogens is 3. The zero-order valence-electron chi connectivity index (χ0n) is 10.1. The first-order valence-electron chi connectivity index (χ1n) is 6.17. The predicted octanol–water partition coefficient (Wildman–Crippen LogP) is 1.71. The van der Waals surface area contributed by atoms with E-state index >= 15 is 0 Å². The van der Waals surface area contributed by atoms with E-state index in [9.17, 15) is 18.0 Å². The molecule has 2 aliphatic rings. The molecule has 104 valence electrons. The Labute approximate surface area is 104 Å². The smallest absolute Gasteiger partial charge is 0.378 e. The van der Waals surface area contributed by atoms with E-state index in [2.05, 4.69) is 0 Å². The minimum Gasteiger partial charge on any atom is -0.378 e. The van der Waals surface area contributed by atoms with Gasteiger partial charge < -0.3 is 14.5 Å². The summed E-state index contributed by atoms with van der Waals surface area (Å²) in [7, 11) is 0. The summed E-state index contributed by atoms with van der Waals surface area (Å²) >= 11 is 0. The zero-order chi connectivity index (χ0) is 13.2. The van der Waals surface area contributed by atoms with E-state index in [-0.39, 0.29) is 19.0 Å². The van der Waals surface area contributed by atoms with Crippen molar-refractivity contribution in [1.29, 1.82) is 0 Å². The van der Waals surface area contributed by atoms with Gasteiger partial charge >= 0.3 is 12.2 Å². The second kappa shape index (κ2) is 5.34. The predicted molar refractivity (Wildman–Crippen MR) is 58.1 cm³/mol. The fourth-order valence-electron chi connectivity index (χ4n) is 2.37. The van der Waals surface area contributed by atoms with Crippen molar-refractivity contribution in [3.8, 4) is 0 Å². The molecule has 2 rings (SSSR count). The number of hydrogen-bond donors (Lipinski definition) is 0. The molecule has 1 atom stereocenters. The van der Waals surface area contributed by atoms with Crippen LogP contribution in [0.3, 0.4) is 0 Å². The van der Waals surface area contributed by atoms with Crippen LogP contribution in [0, 0.1) is 5.92 Å². The van der Waals surface area contributed by atoms with Crippen LogP contribution in [0.5, 0.6) is 0 Å². The molecule has 7 heteroatoms. The van der Waals surface area contributed by atoms with Crippen LogP contribution in [-0.2, 0) is 4.74 Å². The summed E-state index contributed by atoms with van der Waals surface area (Å²) in [5.41, 5.74) is 0. The van der Waals surface area contributed by atoms with E-state index in [0.29, 0.717) is 39.3 Å². The maximum atomic E-state index is 12.6. The van der Waals surface area contributed by atoms with Gasteiger partial charge in [0.05, 0.1) is 19.1 Å². The molecule has 0 aliphatic carbocycles. The molecule has 2 heterocycles. The summed E-state index contributed by atoms with van der Waals surface area (Å²) in [6, 6.07) is -0.285. The van der Waals surface area contributed by atoms with Gasteiger partial charge in [-0.15, -0.1) is 0 Å². The average Bonchev–Trinajstić information content (AvgIpc) is 2.38.